The second kappa shape index (κ2) is 16.3. The molecule has 11 nitrogen and oxygen atoms in total. The van der Waals surface area contributed by atoms with Crippen molar-refractivity contribution >= 4 is 46.6 Å². The Morgan fingerprint density at radius 1 is 1.00 bits per heavy atom. The average molecular weight is 691 g/mol. The summed E-state index contributed by atoms with van der Waals surface area (Å²) >= 11 is 8.42. The van der Waals surface area contributed by atoms with Crippen LogP contribution in [0, 0.1) is 0 Å². The summed E-state index contributed by atoms with van der Waals surface area (Å²) in [5, 5.41) is 49.1. The number of para-hydroxylation sites is 2. The van der Waals surface area contributed by atoms with Gasteiger partial charge in [-0.1, -0.05) is 35.9 Å². The number of halogens is 1. The molecule has 2 fully saturated rings. The van der Waals surface area contributed by atoms with Gasteiger partial charge in [-0.05, 0) is 61.4 Å². The van der Waals surface area contributed by atoms with Crippen LogP contribution in [0.25, 0.3) is 0 Å². The number of amides is 2. The molecule has 2 heterocycles. The second-order valence-corrected chi connectivity index (χ2v) is 14.3. The monoisotopic (exact) mass is 690 g/mol. The van der Waals surface area contributed by atoms with Crippen molar-refractivity contribution in [1.82, 2.24) is 9.80 Å². The number of likely N-dealkylation sites (N-methyl/N-ethyl adjacent to an activating group) is 1. The number of carbonyl (C=O) groups excluding carboxylic acids is 2. The summed E-state index contributed by atoms with van der Waals surface area (Å²) in [6, 6.07) is 14.6. The molecule has 1 aliphatic carbocycles. The Kier molecular flexibility index (Phi) is 12.5. The van der Waals surface area contributed by atoms with Crippen LogP contribution in [0.5, 0.6) is 0 Å². The molecule has 13 heteroatoms. The van der Waals surface area contributed by atoms with E-state index in [2.05, 4.69) is 28.0 Å². The zero-order chi connectivity index (χ0) is 33.7. The van der Waals surface area contributed by atoms with Gasteiger partial charge < -0.3 is 40.2 Å². The first kappa shape index (κ1) is 35.9. The van der Waals surface area contributed by atoms with Crippen LogP contribution < -0.4 is 9.80 Å². The molecule has 47 heavy (non-hydrogen) atoms. The number of rotatable bonds is 15. The van der Waals surface area contributed by atoms with Crippen LogP contribution in [-0.2, 0) is 22.6 Å². The minimum absolute atomic E-state index is 0.140. The van der Waals surface area contributed by atoms with Crippen molar-refractivity contribution in [2.24, 2.45) is 0 Å². The van der Waals surface area contributed by atoms with E-state index < -0.39 is 31.0 Å². The molecule has 0 bridgehead atoms. The molecule has 0 aromatic heterocycles. The molecular formula is C34H47ClN4O7S. The van der Waals surface area contributed by atoms with Gasteiger partial charge in [-0.3, -0.25) is 14.5 Å². The standard InChI is InChI=1S/C34H47ClN4O7S/c1-36(18-29(41)32(44)33(45)30(42)19-40)31(43)9-5-2-6-22-10-13-25(35)23(16-22)17-37-21-47-20-28(37)34(46)39-15-14-38(24-11-12-24)26-7-3-4-8-27(26)39/h3-4,7-8,10,13,16,24,28-30,32-33,40-42,44-45H,2,5-6,9,11-12,14-15,17-21H2,1H3/t28-,29-,30+,32+,33+/m0/s1. The zero-order valence-electron chi connectivity index (χ0n) is 26.8. The van der Waals surface area contributed by atoms with Crippen molar-refractivity contribution in [2.75, 3.05) is 54.7 Å². The van der Waals surface area contributed by atoms with Crippen molar-refractivity contribution in [3.8, 4) is 0 Å². The highest BCUT2D eigenvalue weighted by Gasteiger charge is 2.40. The average Bonchev–Trinajstić information content (AvgIpc) is 3.83. The maximum absolute atomic E-state index is 14.0. The van der Waals surface area contributed by atoms with Crippen molar-refractivity contribution in [3.63, 3.8) is 0 Å². The van der Waals surface area contributed by atoms with Crippen LogP contribution in [-0.4, -0.2) is 129 Å². The molecule has 3 aliphatic rings. The van der Waals surface area contributed by atoms with E-state index in [1.807, 2.05) is 29.2 Å². The lowest BCUT2D eigenvalue weighted by molar-refractivity contribution is -0.138. The Labute approximate surface area is 285 Å². The number of anilines is 2. The summed E-state index contributed by atoms with van der Waals surface area (Å²) in [6.07, 6.45) is -1.74. The molecule has 2 aromatic carbocycles. The third-order valence-corrected chi connectivity index (χ3v) is 10.8. The molecule has 5 rings (SSSR count). The third-order valence-electron chi connectivity index (χ3n) is 9.36. The lowest BCUT2D eigenvalue weighted by Gasteiger charge is -2.39. The van der Waals surface area contributed by atoms with Crippen LogP contribution in [0.4, 0.5) is 11.4 Å². The lowest BCUT2D eigenvalue weighted by Crippen LogP contribution is -2.52. The quantitative estimate of drug-likeness (QED) is 0.175. The number of benzene rings is 2. The molecule has 5 atom stereocenters. The number of nitrogens with zero attached hydrogens (tertiary/aromatic N) is 4. The van der Waals surface area contributed by atoms with E-state index >= 15 is 0 Å². The minimum atomic E-state index is -1.73. The molecule has 5 N–H and O–H groups in total. The topological polar surface area (TPSA) is 148 Å². The SMILES string of the molecule is CN(C[C@H](O)[C@@H](O)[C@H](O)[C@H](O)CO)C(=O)CCCCc1ccc(Cl)c(CN2CSC[C@H]2C(=O)N2CCN(C3CC3)c3ccccc32)c1. The fourth-order valence-electron chi connectivity index (χ4n) is 6.39. The fourth-order valence-corrected chi connectivity index (χ4v) is 7.76. The van der Waals surface area contributed by atoms with Gasteiger partial charge in [0.05, 0.1) is 24.0 Å². The summed E-state index contributed by atoms with van der Waals surface area (Å²) in [5.74, 6) is 1.41. The fraction of sp³-hybridized carbons (Fsp3) is 0.588. The Morgan fingerprint density at radius 2 is 1.72 bits per heavy atom. The Hall–Kier alpha value is -2.42. The van der Waals surface area contributed by atoms with Gasteiger partial charge in [0.15, 0.2) is 0 Å². The minimum Gasteiger partial charge on any atom is -0.394 e. The van der Waals surface area contributed by atoms with Crippen LogP contribution in [0.2, 0.25) is 5.02 Å². The van der Waals surface area contributed by atoms with Gasteiger partial charge in [0, 0.05) is 62.3 Å². The van der Waals surface area contributed by atoms with Crippen molar-refractivity contribution in [3.05, 3.63) is 58.6 Å². The number of fused-ring (bicyclic) bond motifs is 1. The van der Waals surface area contributed by atoms with Gasteiger partial charge in [-0.15, -0.1) is 11.8 Å². The normalized spacial score (nSPS) is 20.9. The number of aliphatic hydroxyl groups is 5. The molecule has 2 aliphatic heterocycles. The Balaban J connectivity index is 1.11. The largest absolute Gasteiger partial charge is 0.394 e. The van der Waals surface area contributed by atoms with Crippen molar-refractivity contribution in [2.45, 2.75) is 81.6 Å². The number of thioether (sulfide) groups is 1. The maximum Gasteiger partial charge on any atom is 0.245 e. The highest BCUT2D eigenvalue weighted by atomic mass is 35.5. The molecule has 0 spiro atoms. The number of hydrogen-bond donors (Lipinski definition) is 5. The number of aliphatic hydroxyl groups excluding tert-OH is 5. The molecule has 1 saturated carbocycles. The van der Waals surface area contributed by atoms with E-state index in [0.717, 1.165) is 53.5 Å². The molecule has 0 unspecified atom stereocenters. The Morgan fingerprint density at radius 3 is 2.45 bits per heavy atom. The van der Waals surface area contributed by atoms with Gasteiger partial charge >= 0.3 is 0 Å². The highest BCUT2D eigenvalue weighted by molar-refractivity contribution is 7.99. The molecule has 2 amide bonds. The summed E-state index contributed by atoms with van der Waals surface area (Å²) in [5.41, 5.74) is 4.23. The smallest absolute Gasteiger partial charge is 0.245 e. The van der Waals surface area contributed by atoms with E-state index in [4.69, 9.17) is 16.7 Å². The predicted molar refractivity (Wildman–Crippen MR) is 184 cm³/mol. The molecule has 2 aromatic rings. The van der Waals surface area contributed by atoms with Crippen LogP contribution >= 0.6 is 23.4 Å². The van der Waals surface area contributed by atoms with Gasteiger partial charge in [0.1, 0.15) is 24.4 Å². The number of hydrogen-bond acceptors (Lipinski definition) is 10. The molecular weight excluding hydrogens is 644 g/mol. The third kappa shape index (κ3) is 8.79. The lowest BCUT2D eigenvalue weighted by atomic mass is 10.0. The van der Waals surface area contributed by atoms with E-state index in [-0.39, 0.29) is 30.8 Å². The summed E-state index contributed by atoms with van der Waals surface area (Å²) in [7, 11) is 1.50. The van der Waals surface area contributed by atoms with E-state index in [0.29, 0.717) is 30.6 Å². The van der Waals surface area contributed by atoms with Crippen LogP contribution in [0.3, 0.4) is 0 Å². The Bertz CT molecular complexity index is 1380. The summed E-state index contributed by atoms with van der Waals surface area (Å²) in [4.78, 5) is 34.5. The molecule has 258 valence electrons. The van der Waals surface area contributed by atoms with Gasteiger partial charge in [-0.25, -0.2) is 0 Å². The zero-order valence-corrected chi connectivity index (χ0v) is 28.4. The first-order valence-corrected chi connectivity index (χ1v) is 18.0. The van der Waals surface area contributed by atoms with Crippen molar-refractivity contribution in [1.29, 1.82) is 0 Å². The first-order valence-electron chi connectivity index (χ1n) is 16.4. The number of unbranched alkanes of at least 4 members (excludes halogenated alkanes) is 1. The van der Waals surface area contributed by atoms with E-state index in [1.165, 1.54) is 24.8 Å². The maximum atomic E-state index is 14.0. The molecule has 0 radical (unpaired) electrons. The number of carbonyl (C=O) groups is 2. The van der Waals surface area contributed by atoms with Crippen molar-refractivity contribution < 1.29 is 35.1 Å². The predicted octanol–water partition coefficient (Wildman–Crippen LogP) is 1.84. The van der Waals surface area contributed by atoms with E-state index in [1.54, 1.807) is 11.8 Å². The summed E-state index contributed by atoms with van der Waals surface area (Å²) < 4.78 is 0. The second-order valence-electron chi connectivity index (χ2n) is 12.9. The van der Waals surface area contributed by atoms with Gasteiger partial charge in [0.25, 0.3) is 0 Å². The van der Waals surface area contributed by atoms with E-state index in [9.17, 15) is 30.0 Å². The first-order chi connectivity index (χ1) is 22.6. The van der Waals surface area contributed by atoms with Gasteiger partial charge in [0.2, 0.25) is 11.8 Å². The van der Waals surface area contributed by atoms with Crippen LogP contribution in [0.15, 0.2) is 42.5 Å². The highest BCUT2D eigenvalue weighted by Crippen LogP contribution is 2.40. The van der Waals surface area contributed by atoms with Gasteiger partial charge in [-0.2, -0.15) is 0 Å². The number of aryl methyl sites for hydroxylation is 1. The summed E-state index contributed by atoms with van der Waals surface area (Å²) in [6.45, 7) is 1.13. The van der Waals surface area contributed by atoms with Crippen LogP contribution in [0.1, 0.15) is 43.2 Å². The molecule has 1 saturated heterocycles.